The number of hydrogen-bond donors (Lipinski definition) is 2. The Hall–Kier alpha value is -1.29. The zero-order valence-electron chi connectivity index (χ0n) is 11.4. The maximum atomic E-state index is 12.4. The first-order valence-electron chi connectivity index (χ1n) is 7.53. The van der Waals surface area contributed by atoms with E-state index in [4.69, 9.17) is 0 Å². The van der Waals surface area contributed by atoms with Crippen molar-refractivity contribution in [1.29, 1.82) is 0 Å². The molecule has 1 saturated heterocycles. The van der Waals surface area contributed by atoms with E-state index in [0.717, 1.165) is 25.2 Å². The molecule has 1 aliphatic carbocycles. The van der Waals surface area contributed by atoms with Gasteiger partial charge in [0, 0.05) is 24.8 Å². The summed E-state index contributed by atoms with van der Waals surface area (Å²) in [5, 5.41) is 6.57. The summed E-state index contributed by atoms with van der Waals surface area (Å²) in [5.41, 5.74) is 0.828. The Morgan fingerprint density at radius 3 is 2.95 bits per heavy atom. The molecule has 2 aliphatic rings. The Balaban J connectivity index is 1.64. The number of rotatable bonds is 3. The number of aromatic nitrogens is 1. The Bertz CT molecular complexity index is 428. The molecular weight excluding hydrogens is 238 g/mol. The quantitative estimate of drug-likeness (QED) is 0.875. The zero-order chi connectivity index (χ0) is 13.1. The van der Waals surface area contributed by atoms with Crippen molar-refractivity contribution in [1.82, 2.24) is 15.2 Å². The van der Waals surface area contributed by atoms with Crippen LogP contribution in [0.5, 0.6) is 0 Å². The van der Waals surface area contributed by atoms with E-state index in [-0.39, 0.29) is 11.9 Å². The highest BCUT2D eigenvalue weighted by molar-refractivity contribution is 5.93. The summed E-state index contributed by atoms with van der Waals surface area (Å²) in [5.74, 6) is 0.0885. The summed E-state index contributed by atoms with van der Waals surface area (Å²) in [6, 6.07) is 4.75. The minimum atomic E-state index is 0.0885. The molecule has 4 nitrogen and oxygen atoms in total. The summed E-state index contributed by atoms with van der Waals surface area (Å²) in [4.78, 5) is 12.4. The molecule has 1 amide bonds. The smallest absolute Gasteiger partial charge is 0.268 e. The van der Waals surface area contributed by atoms with Crippen LogP contribution in [0.1, 0.15) is 55.1 Å². The lowest BCUT2D eigenvalue weighted by Crippen LogP contribution is -2.41. The van der Waals surface area contributed by atoms with Gasteiger partial charge in [-0.25, -0.2) is 0 Å². The van der Waals surface area contributed by atoms with Gasteiger partial charge in [0.2, 0.25) is 0 Å². The maximum Gasteiger partial charge on any atom is 0.268 e. The monoisotopic (exact) mass is 261 g/mol. The number of nitrogens with one attached hydrogen (secondary N) is 2. The molecule has 1 aliphatic heterocycles. The molecule has 0 bridgehead atoms. The van der Waals surface area contributed by atoms with Gasteiger partial charge in [-0.3, -0.25) is 4.79 Å². The predicted molar refractivity (Wildman–Crippen MR) is 75.3 cm³/mol. The number of hydrogen-bond acceptors (Lipinski definition) is 2. The molecule has 1 saturated carbocycles. The van der Waals surface area contributed by atoms with Crippen LogP contribution in [0.2, 0.25) is 0 Å². The van der Waals surface area contributed by atoms with E-state index in [0.29, 0.717) is 6.04 Å². The van der Waals surface area contributed by atoms with Crippen LogP contribution in [0.15, 0.2) is 18.3 Å². The molecule has 0 radical (unpaired) electrons. The van der Waals surface area contributed by atoms with Gasteiger partial charge < -0.3 is 15.2 Å². The summed E-state index contributed by atoms with van der Waals surface area (Å²) < 4.78 is 2.16. The van der Waals surface area contributed by atoms with Gasteiger partial charge in [0.25, 0.3) is 5.91 Å². The number of amides is 1. The van der Waals surface area contributed by atoms with E-state index in [2.05, 4.69) is 15.2 Å². The SMILES string of the molecule is O=C(NC1CCCCNC1)c1cccn1C1CCC1. The van der Waals surface area contributed by atoms with Crippen molar-refractivity contribution in [2.75, 3.05) is 13.1 Å². The molecular formula is C15H23N3O. The van der Waals surface area contributed by atoms with Gasteiger partial charge in [-0.1, -0.05) is 6.42 Å². The van der Waals surface area contributed by atoms with Crippen molar-refractivity contribution in [2.24, 2.45) is 0 Å². The average molecular weight is 261 g/mol. The summed E-state index contributed by atoms with van der Waals surface area (Å²) in [6.07, 6.45) is 9.25. The van der Waals surface area contributed by atoms with Crippen LogP contribution in [0.25, 0.3) is 0 Å². The Kier molecular flexibility index (Phi) is 3.87. The molecule has 3 rings (SSSR count). The van der Waals surface area contributed by atoms with Crippen molar-refractivity contribution < 1.29 is 4.79 Å². The topological polar surface area (TPSA) is 46.1 Å². The molecule has 0 spiro atoms. The molecule has 104 valence electrons. The standard InChI is InChI=1S/C15H23N3O/c19-15(17-12-5-1-2-9-16-11-12)14-8-4-10-18(14)13-6-3-7-13/h4,8,10,12-13,16H,1-3,5-7,9,11H2,(H,17,19). The second kappa shape index (κ2) is 5.78. The molecule has 4 heteroatoms. The van der Waals surface area contributed by atoms with Gasteiger partial charge in [0.1, 0.15) is 5.69 Å². The van der Waals surface area contributed by atoms with Crippen LogP contribution < -0.4 is 10.6 Å². The fraction of sp³-hybridized carbons (Fsp3) is 0.667. The second-order valence-electron chi connectivity index (χ2n) is 5.76. The number of carbonyl (C=O) groups excluding carboxylic acids is 1. The van der Waals surface area contributed by atoms with Crippen molar-refractivity contribution in [2.45, 2.75) is 50.6 Å². The molecule has 0 aromatic carbocycles. The minimum absolute atomic E-state index is 0.0885. The van der Waals surface area contributed by atoms with Gasteiger partial charge in [0.05, 0.1) is 0 Å². The fourth-order valence-electron chi connectivity index (χ4n) is 2.97. The van der Waals surface area contributed by atoms with Gasteiger partial charge >= 0.3 is 0 Å². The normalized spacial score (nSPS) is 24.5. The summed E-state index contributed by atoms with van der Waals surface area (Å²) >= 11 is 0. The lowest BCUT2D eigenvalue weighted by atomic mass is 9.93. The average Bonchev–Trinajstić information content (AvgIpc) is 2.65. The maximum absolute atomic E-state index is 12.4. The van der Waals surface area contributed by atoms with Crippen molar-refractivity contribution in [3.8, 4) is 0 Å². The first-order valence-corrected chi connectivity index (χ1v) is 7.53. The first kappa shape index (κ1) is 12.7. The molecule has 2 N–H and O–H groups in total. The largest absolute Gasteiger partial charge is 0.347 e. The Morgan fingerprint density at radius 1 is 1.26 bits per heavy atom. The van der Waals surface area contributed by atoms with Crippen LogP contribution in [-0.2, 0) is 0 Å². The highest BCUT2D eigenvalue weighted by Gasteiger charge is 2.24. The number of nitrogens with zero attached hydrogens (tertiary/aromatic N) is 1. The van der Waals surface area contributed by atoms with Gasteiger partial charge in [-0.2, -0.15) is 0 Å². The van der Waals surface area contributed by atoms with Crippen LogP contribution in [-0.4, -0.2) is 29.6 Å². The van der Waals surface area contributed by atoms with Crippen LogP contribution >= 0.6 is 0 Å². The second-order valence-corrected chi connectivity index (χ2v) is 5.76. The Labute approximate surface area is 114 Å². The summed E-state index contributed by atoms with van der Waals surface area (Å²) in [7, 11) is 0. The first-order chi connectivity index (χ1) is 9.34. The van der Waals surface area contributed by atoms with Crippen LogP contribution in [0.3, 0.4) is 0 Å². The third-order valence-electron chi connectivity index (χ3n) is 4.36. The van der Waals surface area contributed by atoms with E-state index in [1.165, 1.54) is 32.1 Å². The zero-order valence-corrected chi connectivity index (χ0v) is 11.4. The lowest BCUT2D eigenvalue weighted by Gasteiger charge is -2.29. The lowest BCUT2D eigenvalue weighted by molar-refractivity contribution is 0.0920. The predicted octanol–water partition coefficient (Wildman–Crippen LogP) is 2.08. The van der Waals surface area contributed by atoms with E-state index in [1.807, 2.05) is 18.3 Å². The molecule has 1 unspecified atom stereocenters. The minimum Gasteiger partial charge on any atom is -0.347 e. The summed E-state index contributed by atoms with van der Waals surface area (Å²) in [6.45, 7) is 1.97. The highest BCUT2D eigenvalue weighted by atomic mass is 16.2. The fourth-order valence-corrected chi connectivity index (χ4v) is 2.97. The Morgan fingerprint density at radius 2 is 2.16 bits per heavy atom. The molecule has 1 aromatic rings. The number of carbonyl (C=O) groups is 1. The van der Waals surface area contributed by atoms with Crippen LogP contribution in [0, 0.1) is 0 Å². The van der Waals surface area contributed by atoms with Gasteiger partial charge in [-0.05, 0) is 50.8 Å². The van der Waals surface area contributed by atoms with E-state index < -0.39 is 0 Å². The van der Waals surface area contributed by atoms with Gasteiger partial charge in [-0.15, -0.1) is 0 Å². The third kappa shape index (κ3) is 2.84. The van der Waals surface area contributed by atoms with Crippen LogP contribution in [0.4, 0.5) is 0 Å². The molecule has 1 atom stereocenters. The van der Waals surface area contributed by atoms with Crippen molar-refractivity contribution >= 4 is 5.91 Å². The highest BCUT2D eigenvalue weighted by Crippen LogP contribution is 2.32. The van der Waals surface area contributed by atoms with Crippen molar-refractivity contribution in [3.05, 3.63) is 24.0 Å². The molecule has 2 fully saturated rings. The van der Waals surface area contributed by atoms with E-state index in [9.17, 15) is 4.79 Å². The third-order valence-corrected chi connectivity index (χ3v) is 4.36. The van der Waals surface area contributed by atoms with Crippen molar-refractivity contribution in [3.63, 3.8) is 0 Å². The van der Waals surface area contributed by atoms with Gasteiger partial charge in [0.15, 0.2) is 0 Å². The van der Waals surface area contributed by atoms with E-state index in [1.54, 1.807) is 0 Å². The molecule has 19 heavy (non-hydrogen) atoms. The molecule has 2 heterocycles. The molecule has 1 aromatic heterocycles. The van der Waals surface area contributed by atoms with E-state index >= 15 is 0 Å².